The van der Waals surface area contributed by atoms with E-state index in [1.54, 1.807) is 12.1 Å². The van der Waals surface area contributed by atoms with E-state index in [4.69, 9.17) is 5.84 Å². The number of nitrogens with one attached hydrogen (secondary N) is 3. The topological polar surface area (TPSA) is 122 Å². The number of hydrazine groups is 1. The molecule has 2 rings (SSSR count). The van der Waals surface area contributed by atoms with Gasteiger partial charge < -0.3 is 10.7 Å². The molecule has 106 valence electrons. The number of pyridine rings is 1. The predicted molar refractivity (Wildman–Crippen MR) is 73.8 cm³/mol. The number of nitrogens with zero attached hydrogens (tertiary/aromatic N) is 3. The van der Waals surface area contributed by atoms with Crippen molar-refractivity contribution in [3.63, 3.8) is 0 Å². The highest BCUT2D eigenvalue weighted by Crippen LogP contribution is 2.10. The Morgan fingerprint density at radius 2 is 2.30 bits per heavy atom. The average molecular weight is 275 g/mol. The molecule has 8 heteroatoms. The van der Waals surface area contributed by atoms with Gasteiger partial charge in [-0.2, -0.15) is 5.10 Å². The van der Waals surface area contributed by atoms with E-state index in [0.29, 0.717) is 24.3 Å². The molecule has 8 nitrogen and oxygen atoms in total. The zero-order valence-corrected chi connectivity index (χ0v) is 11.2. The fourth-order valence-electron chi connectivity index (χ4n) is 1.72. The lowest BCUT2D eigenvalue weighted by molar-refractivity contribution is 0.0954. The fourth-order valence-corrected chi connectivity index (χ4v) is 1.72. The minimum absolute atomic E-state index is 0.168. The van der Waals surface area contributed by atoms with Crippen LogP contribution in [-0.4, -0.2) is 32.6 Å². The molecule has 0 saturated heterocycles. The third-order valence-corrected chi connectivity index (χ3v) is 2.76. The van der Waals surface area contributed by atoms with Gasteiger partial charge in [0.15, 0.2) is 0 Å². The number of carbonyl (C=O) groups excluding carboxylic acids is 1. The van der Waals surface area contributed by atoms with E-state index in [1.165, 1.54) is 6.33 Å². The van der Waals surface area contributed by atoms with Crippen molar-refractivity contribution in [1.82, 2.24) is 25.5 Å². The van der Waals surface area contributed by atoms with Crippen molar-refractivity contribution in [2.45, 2.75) is 19.8 Å². The van der Waals surface area contributed by atoms with Crippen LogP contribution in [0.25, 0.3) is 0 Å². The summed E-state index contributed by atoms with van der Waals surface area (Å²) in [6, 6.07) is 3.37. The molecule has 0 fully saturated rings. The van der Waals surface area contributed by atoms with Crippen LogP contribution in [0.3, 0.4) is 0 Å². The number of carbonyl (C=O) groups is 1. The normalized spacial score (nSPS) is 10.3. The Kier molecular flexibility index (Phi) is 4.61. The molecular weight excluding hydrogens is 258 g/mol. The van der Waals surface area contributed by atoms with Gasteiger partial charge in [0.25, 0.3) is 5.91 Å². The number of hydrogen-bond acceptors (Lipinski definition) is 6. The molecular formula is C12H17N7O. The maximum Gasteiger partial charge on any atom is 0.251 e. The second kappa shape index (κ2) is 6.62. The smallest absolute Gasteiger partial charge is 0.251 e. The van der Waals surface area contributed by atoms with Crippen molar-refractivity contribution in [3.8, 4) is 0 Å². The first-order valence-electron chi connectivity index (χ1n) is 6.33. The van der Waals surface area contributed by atoms with Crippen LogP contribution in [-0.2, 0) is 12.8 Å². The molecule has 0 aliphatic carbocycles. The maximum absolute atomic E-state index is 12.1. The number of nitrogen functional groups attached to an aromatic ring is 1. The summed E-state index contributed by atoms with van der Waals surface area (Å²) in [5.74, 6) is 6.39. The number of hydrogen-bond donors (Lipinski definition) is 4. The second-order valence-electron chi connectivity index (χ2n) is 4.17. The van der Waals surface area contributed by atoms with E-state index in [0.717, 1.165) is 17.9 Å². The molecule has 5 N–H and O–H groups in total. The molecule has 2 aromatic heterocycles. The lowest BCUT2D eigenvalue weighted by atomic mass is 10.2. The summed E-state index contributed by atoms with van der Waals surface area (Å²) in [6.45, 7) is 2.44. The van der Waals surface area contributed by atoms with Crippen molar-refractivity contribution in [2.75, 3.05) is 12.0 Å². The molecule has 20 heavy (non-hydrogen) atoms. The van der Waals surface area contributed by atoms with Gasteiger partial charge in [-0.25, -0.2) is 15.8 Å². The molecule has 0 saturated carbocycles. The molecule has 1 amide bonds. The van der Waals surface area contributed by atoms with Crippen molar-refractivity contribution in [3.05, 3.63) is 35.5 Å². The second-order valence-corrected chi connectivity index (χ2v) is 4.17. The summed E-state index contributed by atoms with van der Waals surface area (Å²) < 4.78 is 0. The van der Waals surface area contributed by atoms with Crippen LogP contribution in [0.5, 0.6) is 0 Å². The van der Waals surface area contributed by atoms with Gasteiger partial charge in [-0.1, -0.05) is 6.92 Å². The number of anilines is 1. The number of H-pyrrole nitrogens is 1. The predicted octanol–water partition coefficient (Wildman–Crippen LogP) is 0.0202. The van der Waals surface area contributed by atoms with E-state index in [1.807, 2.05) is 6.92 Å². The van der Waals surface area contributed by atoms with E-state index in [9.17, 15) is 4.79 Å². The molecule has 2 aromatic rings. The van der Waals surface area contributed by atoms with Gasteiger partial charge in [-0.3, -0.25) is 9.89 Å². The molecule has 0 atom stereocenters. The number of nitrogens with two attached hydrogens (primary N) is 1. The Bertz CT molecular complexity index is 545. The van der Waals surface area contributed by atoms with Crippen LogP contribution >= 0.6 is 0 Å². The van der Waals surface area contributed by atoms with Gasteiger partial charge >= 0.3 is 0 Å². The van der Waals surface area contributed by atoms with Crippen molar-refractivity contribution < 1.29 is 4.79 Å². The first-order valence-corrected chi connectivity index (χ1v) is 6.33. The number of amides is 1. The molecule has 2 heterocycles. The fraction of sp³-hybridized carbons (Fsp3) is 0.333. The quantitative estimate of drug-likeness (QED) is 0.435. The van der Waals surface area contributed by atoms with E-state index in [2.05, 4.69) is 30.9 Å². The zero-order chi connectivity index (χ0) is 14.4. The van der Waals surface area contributed by atoms with Gasteiger partial charge in [0.1, 0.15) is 18.0 Å². The van der Waals surface area contributed by atoms with E-state index >= 15 is 0 Å². The minimum atomic E-state index is -0.168. The van der Waals surface area contributed by atoms with E-state index in [-0.39, 0.29) is 5.91 Å². The summed E-state index contributed by atoms with van der Waals surface area (Å²) in [5, 5.41) is 9.30. The van der Waals surface area contributed by atoms with Gasteiger partial charge in [0, 0.05) is 24.2 Å². The van der Waals surface area contributed by atoms with Crippen LogP contribution < -0.4 is 16.6 Å². The molecule has 0 spiro atoms. The Morgan fingerprint density at radius 1 is 1.45 bits per heavy atom. The highest BCUT2D eigenvalue weighted by molar-refractivity contribution is 5.95. The number of aromatic nitrogens is 4. The van der Waals surface area contributed by atoms with Crippen LogP contribution in [0.15, 0.2) is 18.5 Å². The summed E-state index contributed by atoms with van der Waals surface area (Å²) >= 11 is 0. The Labute approximate surface area is 116 Å². The first-order chi connectivity index (χ1) is 9.72. The third-order valence-electron chi connectivity index (χ3n) is 2.76. The van der Waals surface area contributed by atoms with Crippen LogP contribution in [0.1, 0.15) is 28.8 Å². The molecule has 0 aromatic carbocycles. The summed E-state index contributed by atoms with van der Waals surface area (Å²) in [4.78, 5) is 20.3. The third kappa shape index (κ3) is 3.51. The Balaban J connectivity index is 1.97. The summed E-state index contributed by atoms with van der Waals surface area (Å²) in [6.07, 6.45) is 2.76. The lowest BCUT2D eigenvalue weighted by Crippen LogP contribution is -2.26. The first kappa shape index (κ1) is 13.9. The Morgan fingerprint density at radius 3 is 2.95 bits per heavy atom. The average Bonchev–Trinajstić information content (AvgIpc) is 2.99. The van der Waals surface area contributed by atoms with Crippen molar-refractivity contribution >= 4 is 11.7 Å². The lowest BCUT2D eigenvalue weighted by Gasteiger charge is -2.08. The monoisotopic (exact) mass is 275 g/mol. The van der Waals surface area contributed by atoms with Crippen molar-refractivity contribution in [2.24, 2.45) is 5.84 Å². The largest absolute Gasteiger partial charge is 0.352 e. The maximum atomic E-state index is 12.1. The van der Waals surface area contributed by atoms with Gasteiger partial charge in [-0.05, 0) is 18.6 Å². The standard InChI is InChI=1S/C12H17N7O/c1-2-9-5-8(6-11(17-9)18-13)12(20)14-4-3-10-15-7-16-19-10/h5-7H,2-4,13H2,1H3,(H,14,20)(H,17,18)(H,15,16,19). The SMILES string of the molecule is CCc1cc(C(=O)NCCc2ncn[nH]2)cc(NN)n1. The van der Waals surface area contributed by atoms with Crippen LogP contribution in [0.4, 0.5) is 5.82 Å². The highest BCUT2D eigenvalue weighted by Gasteiger charge is 2.09. The minimum Gasteiger partial charge on any atom is -0.352 e. The van der Waals surface area contributed by atoms with Gasteiger partial charge in [-0.15, -0.1) is 0 Å². The van der Waals surface area contributed by atoms with Gasteiger partial charge in [0.05, 0.1) is 0 Å². The van der Waals surface area contributed by atoms with Crippen molar-refractivity contribution in [1.29, 1.82) is 0 Å². The number of aromatic amines is 1. The summed E-state index contributed by atoms with van der Waals surface area (Å²) in [7, 11) is 0. The molecule has 0 unspecified atom stereocenters. The van der Waals surface area contributed by atoms with E-state index < -0.39 is 0 Å². The molecule has 0 radical (unpaired) electrons. The number of rotatable bonds is 6. The summed E-state index contributed by atoms with van der Waals surface area (Å²) in [5.41, 5.74) is 3.80. The zero-order valence-electron chi connectivity index (χ0n) is 11.2. The van der Waals surface area contributed by atoms with Crippen LogP contribution in [0.2, 0.25) is 0 Å². The molecule has 0 aliphatic heterocycles. The number of aryl methyl sites for hydroxylation is 1. The Hall–Kier alpha value is -2.48. The van der Waals surface area contributed by atoms with Crippen LogP contribution in [0, 0.1) is 0 Å². The highest BCUT2D eigenvalue weighted by atomic mass is 16.1. The molecule has 0 bridgehead atoms. The van der Waals surface area contributed by atoms with Gasteiger partial charge in [0.2, 0.25) is 0 Å². The molecule has 0 aliphatic rings.